The van der Waals surface area contributed by atoms with Crippen LogP contribution in [0.5, 0.6) is 11.5 Å². The normalized spacial score (nSPS) is 16.7. The van der Waals surface area contributed by atoms with Crippen LogP contribution in [0.1, 0.15) is 50.2 Å². The van der Waals surface area contributed by atoms with Crippen molar-refractivity contribution in [2.75, 3.05) is 25.0 Å². The van der Waals surface area contributed by atoms with Gasteiger partial charge in [0.15, 0.2) is 11.6 Å². The number of hydrogen-bond acceptors (Lipinski definition) is 9. The Balaban J connectivity index is 1.44. The number of nitrogens with two attached hydrogens (primary N) is 1. The van der Waals surface area contributed by atoms with E-state index < -0.39 is 29.6 Å². The van der Waals surface area contributed by atoms with Gasteiger partial charge in [0.05, 0.1) is 29.3 Å². The van der Waals surface area contributed by atoms with Crippen molar-refractivity contribution < 1.29 is 34.1 Å². The molecular weight excluding hydrogens is 514 g/mol. The average Bonchev–Trinajstić information content (AvgIpc) is 3.45. The summed E-state index contributed by atoms with van der Waals surface area (Å²) in [5.41, 5.74) is 6.31. The van der Waals surface area contributed by atoms with Crippen molar-refractivity contribution in [1.82, 2.24) is 4.90 Å². The zero-order valence-electron chi connectivity index (χ0n) is 21.6. The van der Waals surface area contributed by atoms with E-state index in [-0.39, 0.29) is 58.5 Å². The van der Waals surface area contributed by atoms with Gasteiger partial charge in [0.25, 0.3) is 0 Å². The number of phenolic OH excluding ortho intramolecular Hbond substituents is 2. The molecule has 1 heterocycles. The number of hydrogen-bond donors (Lipinski definition) is 4. The summed E-state index contributed by atoms with van der Waals surface area (Å²) in [4.78, 5) is 53.4. The first kappa shape index (κ1) is 26.9. The van der Waals surface area contributed by atoms with E-state index in [1.807, 2.05) is 30.3 Å². The Bertz CT molecular complexity index is 1490. The molecule has 10 heteroatoms. The van der Waals surface area contributed by atoms with Gasteiger partial charge in [-0.2, -0.15) is 0 Å². The van der Waals surface area contributed by atoms with E-state index in [2.05, 4.69) is 5.32 Å². The first-order valence-corrected chi connectivity index (χ1v) is 13.0. The maximum Gasteiger partial charge on any atom is 0.328 e. The van der Waals surface area contributed by atoms with Crippen LogP contribution in [0.2, 0.25) is 0 Å². The van der Waals surface area contributed by atoms with Gasteiger partial charge in [-0.05, 0) is 43.0 Å². The molecular formula is C30H29N3O7. The predicted molar refractivity (Wildman–Crippen MR) is 145 cm³/mol. The molecule has 1 amide bonds. The summed E-state index contributed by atoms with van der Waals surface area (Å²) >= 11 is 0. The van der Waals surface area contributed by atoms with Gasteiger partial charge in [0.2, 0.25) is 5.91 Å². The quantitative estimate of drug-likeness (QED) is 0.193. The van der Waals surface area contributed by atoms with Crippen LogP contribution in [0.25, 0.3) is 0 Å². The summed E-state index contributed by atoms with van der Waals surface area (Å²) in [6.07, 6.45) is 1.54. The number of nitrogens with zero attached hydrogens (tertiary/aromatic N) is 1. The molecule has 0 aromatic heterocycles. The molecule has 5 rings (SSSR count). The fourth-order valence-electron chi connectivity index (χ4n) is 5.38. The number of likely N-dealkylation sites (tertiary alicyclic amines) is 1. The largest absolute Gasteiger partial charge is 0.507 e. The molecule has 5 N–H and O–H groups in total. The second-order valence-electron chi connectivity index (χ2n) is 9.85. The Morgan fingerprint density at radius 2 is 1.70 bits per heavy atom. The Morgan fingerprint density at radius 3 is 2.45 bits per heavy atom. The van der Waals surface area contributed by atoms with Crippen molar-refractivity contribution in [3.8, 4) is 11.5 Å². The molecule has 1 fully saturated rings. The number of amides is 1. The maximum atomic E-state index is 13.6. The van der Waals surface area contributed by atoms with Gasteiger partial charge in [-0.15, -0.1) is 0 Å². The smallest absolute Gasteiger partial charge is 0.328 e. The van der Waals surface area contributed by atoms with Crippen molar-refractivity contribution in [1.29, 1.82) is 0 Å². The first-order valence-electron chi connectivity index (χ1n) is 13.0. The summed E-state index contributed by atoms with van der Waals surface area (Å²) in [6.45, 7) is 0.138. The van der Waals surface area contributed by atoms with Gasteiger partial charge in [0, 0.05) is 17.8 Å². The fraction of sp³-hybridized carbons (Fsp3) is 0.267. The number of rotatable bonds is 8. The molecule has 206 valence electrons. The molecule has 10 nitrogen and oxygen atoms in total. The van der Waals surface area contributed by atoms with Crippen LogP contribution < -0.4 is 11.1 Å². The summed E-state index contributed by atoms with van der Waals surface area (Å²) in [5, 5.41) is 24.2. The number of ether oxygens (including phenoxy) is 1. The molecule has 0 saturated carbocycles. The van der Waals surface area contributed by atoms with Gasteiger partial charge in [-0.25, -0.2) is 4.79 Å². The minimum atomic E-state index is -0.714. The molecule has 2 aliphatic rings. The molecule has 0 radical (unpaired) electrons. The minimum Gasteiger partial charge on any atom is -0.507 e. The topological polar surface area (TPSA) is 159 Å². The summed E-state index contributed by atoms with van der Waals surface area (Å²) in [7, 11) is 0. The van der Waals surface area contributed by atoms with E-state index in [9.17, 15) is 29.4 Å². The number of esters is 1. The van der Waals surface area contributed by atoms with Crippen LogP contribution in [-0.2, 0) is 20.7 Å². The van der Waals surface area contributed by atoms with E-state index in [4.69, 9.17) is 10.5 Å². The molecule has 1 aliphatic carbocycles. The lowest BCUT2D eigenvalue weighted by molar-refractivity contribution is -0.153. The van der Waals surface area contributed by atoms with Crippen molar-refractivity contribution in [3.05, 3.63) is 88.5 Å². The Labute approximate surface area is 230 Å². The average molecular weight is 544 g/mol. The van der Waals surface area contributed by atoms with Crippen molar-refractivity contribution in [2.45, 2.75) is 31.3 Å². The highest BCUT2D eigenvalue weighted by atomic mass is 16.5. The van der Waals surface area contributed by atoms with Gasteiger partial charge in [-0.1, -0.05) is 42.5 Å². The summed E-state index contributed by atoms with van der Waals surface area (Å²) in [5.74, 6) is -2.75. The van der Waals surface area contributed by atoms with E-state index in [1.54, 1.807) is 0 Å². The Hall–Kier alpha value is -4.70. The standard InChI is InChI=1S/C30H29N3O7/c31-15-24(36)33-13-5-9-21(33)30(39)40-16-18(14-17-6-2-1-3-7-17)32-20-11-12-23(35)27-26(20)29(38)25-19(28(27)37)8-4-10-22(25)34/h1-4,6-8,10-12,18,21,32,34-35H,5,9,13-16,31H2/t18-,21-/m0/s1. The summed E-state index contributed by atoms with van der Waals surface area (Å²) < 4.78 is 5.67. The first-order chi connectivity index (χ1) is 19.3. The fourth-order valence-corrected chi connectivity index (χ4v) is 5.38. The highest BCUT2D eigenvalue weighted by Crippen LogP contribution is 2.40. The molecule has 0 spiro atoms. The summed E-state index contributed by atoms with van der Waals surface area (Å²) in [6, 6.07) is 15.2. The molecule has 2 atom stereocenters. The van der Waals surface area contributed by atoms with Crippen LogP contribution in [0.4, 0.5) is 5.69 Å². The van der Waals surface area contributed by atoms with Crippen molar-refractivity contribution >= 4 is 29.1 Å². The number of fused-ring (bicyclic) bond motifs is 2. The lowest BCUT2D eigenvalue weighted by atomic mass is 9.82. The number of benzene rings is 3. The molecule has 1 aliphatic heterocycles. The third kappa shape index (κ3) is 5.01. The predicted octanol–water partition coefficient (Wildman–Crippen LogP) is 2.39. The third-order valence-electron chi connectivity index (χ3n) is 7.28. The minimum absolute atomic E-state index is 0.00728. The van der Waals surface area contributed by atoms with Crippen LogP contribution in [0, 0.1) is 0 Å². The monoisotopic (exact) mass is 543 g/mol. The highest BCUT2D eigenvalue weighted by Gasteiger charge is 2.37. The number of ketones is 2. The van der Waals surface area contributed by atoms with E-state index >= 15 is 0 Å². The zero-order chi connectivity index (χ0) is 28.4. The Kier molecular flexibility index (Phi) is 7.52. The third-order valence-corrected chi connectivity index (χ3v) is 7.28. The molecule has 40 heavy (non-hydrogen) atoms. The van der Waals surface area contributed by atoms with Gasteiger partial charge < -0.3 is 30.9 Å². The second-order valence-corrected chi connectivity index (χ2v) is 9.85. The lowest BCUT2D eigenvalue weighted by Crippen LogP contribution is -2.45. The SMILES string of the molecule is NCC(=O)N1CCC[C@H]1C(=O)OC[C@H](Cc1ccccc1)Nc1ccc(O)c2c1C(=O)c1c(O)cccc1C2=O. The number of nitrogens with one attached hydrogen (secondary N) is 1. The van der Waals surface area contributed by atoms with Crippen LogP contribution >= 0.6 is 0 Å². The van der Waals surface area contributed by atoms with E-state index in [0.29, 0.717) is 25.8 Å². The highest BCUT2D eigenvalue weighted by molar-refractivity contribution is 6.31. The van der Waals surface area contributed by atoms with Gasteiger partial charge in [-0.3, -0.25) is 14.4 Å². The van der Waals surface area contributed by atoms with Gasteiger partial charge >= 0.3 is 5.97 Å². The molecule has 3 aromatic rings. The molecule has 1 saturated heterocycles. The van der Waals surface area contributed by atoms with Gasteiger partial charge in [0.1, 0.15) is 24.1 Å². The number of phenols is 2. The maximum absolute atomic E-state index is 13.6. The lowest BCUT2D eigenvalue weighted by Gasteiger charge is -2.27. The van der Waals surface area contributed by atoms with Crippen molar-refractivity contribution in [3.63, 3.8) is 0 Å². The number of anilines is 1. The number of carbonyl (C=O) groups excluding carboxylic acids is 4. The van der Waals surface area contributed by atoms with E-state index in [0.717, 1.165) is 5.56 Å². The molecule has 3 aromatic carbocycles. The van der Waals surface area contributed by atoms with E-state index in [1.165, 1.54) is 35.2 Å². The number of aromatic hydroxyl groups is 2. The zero-order valence-corrected chi connectivity index (χ0v) is 21.6. The Morgan fingerprint density at radius 1 is 0.950 bits per heavy atom. The van der Waals surface area contributed by atoms with Crippen LogP contribution in [-0.4, -0.2) is 70.3 Å². The molecule has 0 unspecified atom stereocenters. The van der Waals surface area contributed by atoms with Crippen LogP contribution in [0.3, 0.4) is 0 Å². The number of carbonyl (C=O) groups is 4. The van der Waals surface area contributed by atoms with Crippen molar-refractivity contribution in [2.24, 2.45) is 5.73 Å². The van der Waals surface area contributed by atoms with Crippen LogP contribution in [0.15, 0.2) is 60.7 Å². The molecule has 0 bridgehead atoms. The second kappa shape index (κ2) is 11.2.